The number of rotatable bonds is 51. The minimum Gasteiger partial charge on any atom is -0.454 e. The molecule has 0 spiro atoms. The van der Waals surface area contributed by atoms with Crippen LogP contribution >= 0.6 is 0 Å². The van der Waals surface area contributed by atoms with E-state index < -0.39 is 67.4 Å². The van der Waals surface area contributed by atoms with Crippen LogP contribution < -0.4 is 5.32 Å². The Kier molecular flexibility index (Phi) is 47.4. The van der Waals surface area contributed by atoms with E-state index in [1.54, 1.807) is 6.08 Å². The Morgan fingerprint density at radius 1 is 0.548 bits per heavy atom. The van der Waals surface area contributed by atoms with Gasteiger partial charge in [0.05, 0.1) is 25.4 Å². The molecule has 0 aromatic rings. The van der Waals surface area contributed by atoms with Crippen molar-refractivity contribution in [3.63, 3.8) is 0 Å². The number of amides is 1. The second kappa shape index (κ2) is 50.4. The molecule has 11 nitrogen and oxygen atoms in total. The van der Waals surface area contributed by atoms with Crippen molar-refractivity contribution in [2.75, 3.05) is 13.2 Å². The number of allylic oxidation sites excluding steroid dienone is 7. The first-order chi connectivity index (χ1) is 35.7. The molecule has 0 saturated carbocycles. The van der Waals surface area contributed by atoms with Crippen molar-refractivity contribution in [2.45, 2.75) is 320 Å². The number of carbonyl (C=O) groups excluding carboxylic acids is 2. The number of esters is 1. The van der Waals surface area contributed by atoms with E-state index in [0.717, 1.165) is 89.9 Å². The van der Waals surface area contributed by atoms with Crippen molar-refractivity contribution >= 4 is 11.9 Å². The van der Waals surface area contributed by atoms with Crippen molar-refractivity contribution in [1.82, 2.24) is 5.32 Å². The number of carbonyl (C=O) groups is 2. The highest BCUT2D eigenvalue weighted by atomic mass is 16.7. The van der Waals surface area contributed by atoms with Crippen molar-refractivity contribution in [2.24, 2.45) is 0 Å². The lowest BCUT2D eigenvalue weighted by Crippen LogP contribution is -2.61. The van der Waals surface area contributed by atoms with Crippen LogP contribution in [0, 0.1) is 0 Å². The van der Waals surface area contributed by atoms with Gasteiger partial charge < -0.3 is 45.1 Å². The molecule has 8 unspecified atom stereocenters. The molecule has 6 N–H and O–H groups in total. The van der Waals surface area contributed by atoms with Gasteiger partial charge in [0.2, 0.25) is 5.91 Å². The topological polar surface area (TPSA) is 175 Å². The van der Waals surface area contributed by atoms with E-state index in [2.05, 4.69) is 56.5 Å². The van der Waals surface area contributed by atoms with Gasteiger partial charge >= 0.3 is 5.97 Å². The Morgan fingerprint density at radius 3 is 1.47 bits per heavy atom. The highest BCUT2D eigenvalue weighted by Crippen LogP contribution is 2.26. The number of aliphatic hydroxyl groups is 5. The second-order valence-electron chi connectivity index (χ2n) is 21.1. The lowest BCUT2D eigenvalue weighted by atomic mass is 9.99. The molecule has 426 valence electrons. The standard InChI is InChI=1S/C62H113NO10/c1-4-7-10-13-16-19-22-25-27-29-31-34-37-40-43-46-49-55(66)61(70)63-53(54(65)48-45-42-39-36-33-30-24-21-18-15-12-9-6-3)52-71-62-60(59(69)58(68)56(51-64)72-62)73-57(67)50-47-44-41-38-35-32-28-26-23-20-17-14-11-8-5-2/h8,11,14,17,20,23,45,48,53-56,58-60,62,64-66,68-69H,4-7,9-10,12-13,15-16,18-19,21-22,24-44,46-47,49-52H2,1-3H3,(H,63,70)/b11-8+,17-14+,23-20+,48-45+. The van der Waals surface area contributed by atoms with E-state index in [9.17, 15) is 35.1 Å². The average Bonchev–Trinajstić information content (AvgIpc) is 3.39. The van der Waals surface area contributed by atoms with Crippen LogP contribution in [0.5, 0.6) is 0 Å². The van der Waals surface area contributed by atoms with Gasteiger partial charge in [-0.05, 0) is 44.9 Å². The third kappa shape index (κ3) is 38.8. The van der Waals surface area contributed by atoms with Crippen LogP contribution in [0.4, 0.5) is 0 Å². The van der Waals surface area contributed by atoms with E-state index >= 15 is 0 Å². The van der Waals surface area contributed by atoms with E-state index in [-0.39, 0.29) is 13.0 Å². The lowest BCUT2D eigenvalue weighted by molar-refractivity contribution is -0.305. The smallest absolute Gasteiger partial charge is 0.306 e. The molecule has 0 aliphatic carbocycles. The maximum absolute atomic E-state index is 13.4. The summed E-state index contributed by atoms with van der Waals surface area (Å²) in [7, 11) is 0. The highest BCUT2D eigenvalue weighted by molar-refractivity contribution is 5.80. The maximum atomic E-state index is 13.4. The lowest BCUT2D eigenvalue weighted by Gasteiger charge is -2.41. The summed E-state index contributed by atoms with van der Waals surface area (Å²) < 4.78 is 17.6. The Bertz CT molecular complexity index is 1370. The third-order valence-corrected chi connectivity index (χ3v) is 14.3. The van der Waals surface area contributed by atoms with Crippen LogP contribution in [0.3, 0.4) is 0 Å². The molecular weight excluding hydrogens is 919 g/mol. The van der Waals surface area contributed by atoms with E-state index in [0.29, 0.717) is 19.3 Å². The Labute approximate surface area is 446 Å². The van der Waals surface area contributed by atoms with E-state index in [4.69, 9.17) is 14.2 Å². The van der Waals surface area contributed by atoms with Crippen molar-refractivity contribution < 1.29 is 49.3 Å². The van der Waals surface area contributed by atoms with Gasteiger partial charge in [0.15, 0.2) is 12.4 Å². The largest absolute Gasteiger partial charge is 0.454 e. The number of nitrogens with one attached hydrogen (secondary N) is 1. The monoisotopic (exact) mass is 1030 g/mol. The van der Waals surface area contributed by atoms with Gasteiger partial charge in [-0.15, -0.1) is 0 Å². The third-order valence-electron chi connectivity index (χ3n) is 14.3. The van der Waals surface area contributed by atoms with Crippen molar-refractivity contribution in [1.29, 1.82) is 0 Å². The van der Waals surface area contributed by atoms with E-state index in [1.807, 2.05) is 12.2 Å². The molecular formula is C62H113NO10. The normalized spacial score (nSPS) is 19.7. The summed E-state index contributed by atoms with van der Waals surface area (Å²) in [6.07, 6.45) is 50.0. The molecule has 1 heterocycles. The molecule has 1 rings (SSSR count). The van der Waals surface area contributed by atoms with Gasteiger partial charge in [-0.3, -0.25) is 9.59 Å². The molecule has 0 aromatic heterocycles. The minimum absolute atomic E-state index is 0.111. The van der Waals surface area contributed by atoms with Gasteiger partial charge in [0.1, 0.15) is 24.4 Å². The van der Waals surface area contributed by atoms with Crippen molar-refractivity contribution in [3.05, 3.63) is 48.6 Å². The molecule has 1 amide bonds. The molecule has 0 aromatic carbocycles. The SMILES string of the molecule is CC/C=C/C=C/C=C/CCCCCCCCCC(=O)OC1C(OCC(NC(=O)C(O)CCCCCCCCCCCCCCCCCC)C(O)/C=C/CCCCCCCCCCCCC)OC(CO)C(O)C1O. The van der Waals surface area contributed by atoms with Crippen LogP contribution in [0.25, 0.3) is 0 Å². The zero-order valence-corrected chi connectivity index (χ0v) is 47.0. The van der Waals surface area contributed by atoms with Gasteiger partial charge in [0.25, 0.3) is 0 Å². The molecule has 11 heteroatoms. The van der Waals surface area contributed by atoms with Crippen molar-refractivity contribution in [3.8, 4) is 0 Å². The molecule has 0 bridgehead atoms. The summed E-state index contributed by atoms with van der Waals surface area (Å²) in [6, 6.07) is -1.02. The van der Waals surface area contributed by atoms with Crippen LogP contribution in [0.1, 0.15) is 271 Å². The summed E-state index contributed by atoms with van der Waals surface area (Å²) in [6.45, 7) is 5.67. The van der Waals surface area contributed by atoms with Crippen LogP contribution in [-0.2, 0) is 23.8 Å². The molecule has 1 saturated heterocycles. The number of ether oxygens (including phenoxy) is 3. The Hall–Kier alpha value is -2.38. The quantitative estimate of drug-likeness (QED) is 0.0149. The van der Waals surface area contributed by atoms with Crippen LogP contribution in [0.2, 0.25) is 0 Å². The number of unbranched alkanes of at least 4 members (excludes halogenated alkanes) is 33. The minimum atomic E-state index is -1.62. The number of aliphatic hydroxyl groups excluding tert-OH is 5. The molecule has 1 fully saturated rings. The van der Waals surface area contributed by atoms with Gasteiger partial charge in [-0.1, -0.05) is 268 Å². The average molecular weight is 1030 g/mol. The fourth-order valence-corrected chi connectivity index (χ4v) is 9.48. The predicted molar refractivity (Wildman–Crippen MR) is 301 cm³/mol. The second-order valence-corrected chi connectivity index (χ2v) is 21.1. The molecule has 1 aliphatic rings. The fraction of sp³-hybridized carbons (Fsp3) is 0.839. The summed E-state index contributed by atoms with van der Waals surface area (Å²) in [5.41, 5.74) is 0. The van der Waals surface area contributed by atoms with Gasteiger partial charge in [0, 0.05) is 6.42 Å². The van der Waals surface area contributed by atoms with Crippen LogP contribution in [-0.4, -0.2) is 99.6 Å². The van der Waals surface area contributed by atoms with Crippen LogP contribution in [0.15, 0.2) is 48.6 Å². The predicted octanol–water partition coefficient (Wildman–Crippen LogP) is 14.1. The Morgan fingerprint density at radius 2 is 0.986 bits per heavy atom. The first kappa shape index (κ1) is 68.6. The molecule has 0 radical (unpaired) electrons. The first-order valence-corrected chi connectivity index (χ1v) is 30.4. The summed E-state index contributed by atoms with van der Waals surface area (Å²) >= 11 is 0. The summed E-state index contributed by atoms with van der Waals surface area (Å²) in [4.78, 5) is 26.5. The van der Waals surface area contributed by atoms with E-state index in [1.165, 1.54) is 135 Å². The fourth-order valence-electron chi connectivity index (χ4n) is 9.48. The summed E-state index contributed by atoms with van der Waals surface area (Å²) in [5.74, 6) is -1.20. The zero-order valence-electron chi connectivity index (χ0n) is 47.0. The number of hydrogen-bond acceptors (Lipinski definition) is 10. The highest BCUT2D eigenvalue weighted by Gasteiger charge is 2.47. The van der Waals surface area contributed by atoms with Gasteiger partial charge in [-0.2, -0.15) is 0 Å². The molecule has 1 aliphatic heterocycles. The maximum Gasteiger partial charge on any atom is 0.306 e. The zero-order chi connectivity index (χ0) is 53.3. The Balaban J connectivity index is 2.71. The van der Waals surface area contributed by atoms with Gasteiger partial charge in [-0.25, -0.2) is 0 Å². The summed E-state index contributed by atoms with van der Waals surface area (Å²) in [5, 5.41) is 56.9. The number of hydrogen-bond donors (Lipinski definition) is 6. The molecule has 73 heavy (non-hydrogen) atoms. The first-order valence-electron chi connectivity index (χ1n) is 30.4. The molecule has 8 atom stereocenters.